The first-order valence-electron chi connectivity index (χ1n) is 7.51. The molecule has 3 heterocycles. The summed E-state index contributed by atoms with van der Waals surface area (Å²) in [5, 5.41) is 2.82. The molecule has 0 saturated carbocycles. The molecule has 1 saturated heterocycles. The average Bonchev–Trinajstić information content (AvgIpc) is 3.17. The first-order chi connectivity index (χ1) is 11.5. The molecule has 1 fully saturated rings. The topological polar surface area (TPSA) is 61.4 Å². The van der Waals surface area contributed by atoms with Crippen LogP contribution >= 0.6 is 34.5 Å². The van der Waals surface area contributed by atoms with Crippen LogP contribution in [0.5, 0.6) is 0 Å². The Labute approximate surface area is 154 Å². The quantitative estimate of drug-likeness (QED) is 0.867. The van der Waals surface area contributed by atoms with E-state index in [0.717, 1.165) is 37.3 Å². The standard InChI is InChI=1S/C15H17Cl2N5OS/c1-21(2)13-10(8-18-15(20-13)22-5-3-4-6-22)19-14(23)9-7-11(16)24-12(9)17/h7-8H,3-6H2,1-2H3,(H,19,23). The number of amides is 1. The maximum absolute atomic E-state index is 12.4. The zero-order valence-electron chi connectivity index (χ0n) is 13.3. The van der Waals surface area contributed by atoms with Crippen molar-refractivity contribution in [3.63, 3.8) is 0 Å². The van der Waals surface area contributed by atoms with Gasteiger partial charge in [-0.1, -0.05) is 23.2 Å². The number of aromatic nitrogens is 2. The van der Waals surface area contributed by atoms with Crippen molar-refractivity contribution < 1.29 is 4.79 Å². The summed E-state index contributed by atoms with van der Waals surface area (Å²) in [6, 6.07) is 1.55. The minimum atomic E-state index is -0.330. The smallest absolute Gasteiger partial charge is 0.258 e. The second-order valence-electron chi connectivity index (χ2n) is 5.69. The molecule has 24 heavy (non-hydrogen) atoms. The summed E-state index contributed by atoms with van der Waals surface area (Å²) < 4.78 is 0.831. The van der Waals surface area contributed by atoms with E-state index in [1.165, 1.54) is 0 Å². The molecule has 2 aromatic rings. The highest BCUT2D eigenvalue weighted by atomic mass is 35.5. The highest BCUT2D eigenvalue weighted by Gasteiger charge is 2.20. The van der Waals surface area contributed by atoms with Gasteiger partial charge >= 0.3 is 0 Å². The maximum Gasteiger partial charge on any atom is 0.258 e. The third-order valence-corrected chi connectivity index (χ3v) is 5.21. The molecule has 9 heteroatoms. The number of rotatable bonds is 4. The summed E-state index contributed by atoms with van der Waals surface area (Å²) in [4.78, 5) is 25.4. The van der Waals surface area contributed by atoms with Crippen LogP contribution in [0.3, 0.4) is 0 Å². The fourth-order valence-electron chi connectivity index (χ4n) is 2.55. The van der Waals surface area contributed by atoms with Crippen LogP contribution in [0.25, 0.3) is 0 Å². The van der Waals surface area contributed by atoms with E-state index < -0.39 is 0 Å². The molecule has 1 aliphatic heterocycles. The molecule has 0 atom stereocenters. The highest BCUT2D eigenvalue weighted by molar-refractivity contribution is 7.20. The Kier molecular flexibility index (Phi) is 5.12. The number of halogens is 2. The van der Waals surface area contributed by atoms with Crippen molar-refractivity contribution >= 4 is 57.9 Å². The molecule has 0 aliphatic carbocycles. The number of nitrogens with zero attached hydrogens (tertiary/aromatic N) is 4. The molecule has 0 radical (unpaired) electrons. The van der Waals surface area contributed by atoms with Crippen molar-refractivity contribution in [3.8, 4) is 0 Å². The van der Waals surface area contributed by atoms with Gasteiger partial charge in [-0.3, -0.25) is 4.79 Å². The van der Waals surface area contributed by atoms with E-state index in [0.29, 0.717) is 31.7 Å². The fraction of sp³-hybridized carbons (Fsp3) is 0.400. The second kappa shape index (κ2) is 7.13. The predicted molar refractivity (Wildman–Crippen MR) is 100 cm³/mol. The lowest BCUT2D eigenvalue weighted by molar-refractivity contribution is 0.102. The van der Waals surface area contributed by atoms with Crippen LogP contribution in [0.15, 0.2) is 12.3 Å². The first kappa shape index (κ1) is 17.3. The Morgan fingerprint density at radius 1 is 1.33 bits per heavy atom. The lowest BCUT2D eigenvalue weighted by Crippen LogP contribution is -2.23. The number of hydrogen-bond acceptors (Lipinski definition) is 6. The Bertz CT molecular complexity index is 758. The number of carbonyl (C=O) groups is 1. The first-order valence-corrected chi connectivity index (χ1v) is 9.08. The fourth-order valence-corrected chi connectivity index (χ4v) is 4.01. The number of hydrogen-bond donors (Lipinski definition) is 1. The van der Waals surface area contributed by atoms with Crippen molar-refractivity contribution in [2.75, 3.05) is 42.3 Å². The summed E-state index contributed by atoms with van der Waals surface area (Å²) in [5.74, 6) is 1.01. The van der Waals surface area contributed by atoms with E-state index in [-0.39, 0.29) is 5.91 Å². The molecule has 1 amide bonds. The number of anilines is 3. The lowest BCUT2D eigenvalue weighted by atomic mass is 10.3. The molecular weight excluding hydrogens is 369 g/mol. The van der Waals surface area contributed by atoms with Crippen LogP contribution in [0.4, 0.5) is 17.5 Å². The van der Waals surface area contributed by atoms with Crippen molar-refractivity contribution in [2.24, 2.45) is 0 Å². The van der Waals surface area contributed by atoms with Crippen LogP contribution in [0, 0.1) is 0 Å². The van der Waals surface area contributed by atoms with Crippen LogP contribution in [0.2, 0.25) is 8.67 Å². The third kappa shape index (κ3) is 3.58. The van der Waals surface area contributed by atoms with Gasteiger partial charge in [-0.2, -0.15) is 4.98 Å². The van der Waals surface area contributed by atoms with Crippen LogP contribution < -0.4 is 15.1 Å². The van der Waals surface area contributed by atoms with Crippen molar-refractivity contribution in [2.45, 2.75) is 12.8 Å². The zero-order valence-corrected chi connectivity index (χ0v) is 15.7. The van der Waals surface area contributed by atoms with Crippen LogP contribution in [-0.4, -0.2) is 43.1 Å². The van der Waals surface area contributed by atoms with Crippen molar-refractivity contribution in [1.82, 2.24) is 9.97 Å². The predicted octanol–water partition coefficient (Wildman–Crippen LogP) is 3.76. The summed E-state index contributed by atoms with van der Waals surface area (Å²) in [7, 11) is 3.75. The van der Waals surface area contributed by atoms with Gasteiger partial charge in [-0.05, 0) is 18.9 Å². The van der Waals surface area contributed by atoms with E-state index in [4.69, 9.17) is 23.2 Å². The maximum atomic E-state index is 12.4. The van der Waals surface area contributed by atoms with Gasteiger partial charge in [-0.15, -0.1) is 11.3 Å². The van der Waals surface area contributed by atoms with Crippen molar-refractivity contribution in [1.29, 1.82) is 0 Å². The van der Waals surface area contributed by atoms with Gasteiger partial charge < -0.3 is 15.1 Å². The van der Waals surface area contributed by atoms with Gasteiger partial charge in [0.2, 0.25) is 5.95 Å². The van der Waals surface area contributed by atoms with Crippen LogP contribution in [-0.2, 0) is 0 Å². The van der Waals surface area contributed by atoms with Gasteiger partial charge in [-0.25, -0.2) is 4.98 Å². The third-order valence-electron chi connectivity index (χ3n) is 3.72. The van der Waals surface area contributed by atoms with Crippen molar-refractivity contribution in [3.05, 3.63) is 26.5 Å². The second-order valence-corrected chi connectivity index (χ2v) is 7.97. The Hall–Kier alpha value is -1.57. The minimum absolute atomic E-state index is 0.330. The summed E-state index contributed by atoms with van der Waals surface area (Å²) in [5.41, 5.74) is 0.881. The molecule has 0 aromatic carbocycles. The Morgan fingerprint density at radius 3 is 2.62 bits per heavy atom. The number of carbonyl (C=O) groups excluding carboxylic acids is 1. The average molecular weight is 386 g/mol. The normalized spacial score (nSPS) is 14.1. The van der Waals surface area contributed by atoms with Gasteiger partial charge in [0.25, 0.3) is 5.91 Å². The molecular formula is C15H17Cl2N5OS. The lowest BCUT2D eigenvalue weighted by Gasteiger charge is -2.20. The van der Waals surface area contributed by atoms with Gasteiger partial charge in [0.05, 0.1) is 16.1 Å². The molecule has 2 aromatic heterocycles. The molecule has 3 rings (SSSR count). The zero-order chi connectivity index (χ0) is 17.3. The molecule has 0 bridgehead atoms. The Balaban J connectivity index is 1.86. The summed E-state index contributed by atoms with van der Waals surface area (Å²) in [6.07, 6.45) is 3.93. The van der Waals surface area contributed by atoms with E-state index in [2.05, 4.69) is 20.2 Å². The molecule has 1 N–H and O–H groups in total. The van der Waals surface area contributed by atoms with E-state index in [1.807, 2.05) is 19.0 Å². The summed E-state index contributed by atoms with van der Waals surface area (Å²) in [6.45, 7) is 1.92. The van der Waals surface area contributed by atoms with E-state index >= 15 is 0 Å². The summed E-state index contributed by atoms with van der Waals surface area (Å²) >= 11 is 13.1. The van der Waals surface area contributed by atoms with Gasteiger partial charge in [0, 0.05) is 27.2 Å². The highest BCUT2D eigenvalue weighted by Crippen LogP contribution is 2.32. The molecule has 128 valence electrons. The Morgan fingerprint density at radius 2 is 2.04 bits per heavy atom. The van der Waals surface area contributed by atoms with Gasteiger partial charge in [0.1, 0.15) is 10.0 Å². The number of nitrogens with one attached hydrogen (secondary N) is 1. The SMILES string of the molecule is CN(C)c1nc(N2CCCC2)ncc1NC(=O)c1cc(Cl)sc1Cl. The number of thiophene rings is 1. The molecule has 0 unspecified atom stereocenters. The van der Waals surface area contributed by atoms with Crippen LogP contribution in [0.1, 0.15) is 23.2 Å². The molecule has 6 nitrogen and oxygen atoms in total. The van der Waals surface area contributed by atoms with E-state index in [9.17, 15) is 4.79 Å². The van der Waals surface area contributed by atoms with Gasteiger partial charge in [0.15, 0.2) is 5.82 Å². The minimum Gasteiger partial charge on any atom is -0.361 e. The monoisotopic (exact) mass is 385 g/mol. The van der Waals surface area contributed by atoms with E-state index in [1.54, 1.807) is 12.3 Å². The molecule has 0 spiro atoms. The largest absolute Gasteiger partial charge is 0.361 e. The molecule has 1 aliphatic rings.